The van der Waals surface area contributed by atoms with E-state index < -0.39 is 6.10 Å². The Hall–Kier alpha value is -1.47. The van der Waals surface area contributed by atoms with Gasteiger partial charge in [0.05, 0.1) is 18.8 Å². The molecule has 2 heterocycles. The van der Waals surface area contributed by atoms with E-state index in [1.807, 2.05) is 32.0 Å². The molecule has 2 aliphatic rings. The number of carbonyl (C=O) groups excluding carboxylic acids is 1. The average molecular weight is 351 g/mol. The van der Waals surface area contributed by atoms with Crippen molar-refractivity contribution in [2.45, 2.75) is 63.8 Å². The molecule has 25 heavy (non-hydrogen) atoms. The molecule has 1 aromatic rings. The Labute approximate surface area is 149 Å². The number of benzene rings is 1. The van der Waals surface area contributed by atoms with Gasteiger partial charge in [0.25, 0.3) is 0 Å². The average Bonchev–Trinajstić information content (AvgIpc) is 2.96. The summed E-state index contributed by atoms with van der Waals surface area (Å²) in [5.74, 6) is -0.0619. The largest absolute Gasteiger partial charge is 0.400 e. The van der Waals surface area contributed by atoms with Crippen LogP contribution in [-0.4, -0.2) is 55.4 Å². The summed E-state index contributed by atoms with van der Waals surface area (Å²) in [6.45, 7) is 4.46. The Morgan fingerprint density at radius 2 is 2.00 bits per heavy atom. The lowest BCUT2D eigenvalue weighted by atomic mass is 10.1. The first-order valence-corrected chi connectivity index (χ1v) is 8.81. The van der Waals surface area contributed by atoms with E-state index >= 15 is 0 Å². The molecule has 5 unspecified atom stereocenters. The summed E-state index contributed by atoms with van der Waals surface area (Å²) in [6.07, 6.45) is 1.84. The Morgan fingerprint density at radius 3 is 2.68 bits per heavy atom. The maximum atomic E-state index is 12.3. The minimum atomic E-state index is -0.462. The molecule has 1 amide bonds. The van der Waals surface area contributed by atoms with Gasteiger partial charge >= 0.3 is 0 Å². The van der Waals surface area contributed by atoms with Gasteiger partial charge in [-0.15, -0.1) is 0 Å². The van der Waals surface area contributed by atoms with Crippen LogP contribution in [-0.2, 0) is 25.4 Å². The van der Waals surface area contributed by atoms with Gasteiger partial charge in [-0.3, -0.25) is 4.79 Å². The van der Waals surface area contributed by atoms with E-state index in [-0.39, 0.29) is 30.4 Å². The predicted molar refractivity (Wildman–Crippen MR) is 94.1 cm³/mol. The molecule has 0 aromatic heterocycles. The lowest BCUT2D eigenvalue weighted by molar-refractivity contribution is -0.156. The Morgan fingerprint density at radius 1 is 1.28 bits per heavy atom. The predicted octanol–water partition coefficient (Wildman–Crippen LogP) is 1.65. The van der Waals surface area contributed by atoms with Crippen molar-refractivity contribution in [3.8, 4) is 0 Å². The van der Waals surface area contributed by atoms with Crippen LogP contribution in [0.15, 0.2) is 30.3 Å². The molecule has 0 radical (unpaired) electrons. The summed E-state index contributed by atoms with van der Waals surface area (Å²) in [4.78, 5) is 12.3. The van der Waals surface area contributed by atoms with E-state index in [1.165, 1.54) is 5.56 Å². The molecular formula is C19H29NO5. The summed E-state index contributed by atoms with van der Waals surface area (Å²) < 4.78 is 17.0. The number of rotatable bonds is 6. The number of nitrogens with one attached hydrogen (secondary N) is 1. The van der Waals surface area contributed by atoms with Gasteiger partial charge in [-0.05, 0) is 25.8 Å². The Kier molecular flexibility index (Phi) is 7.84. The summed E-state index contributed by atoms with van der Waals surface area (Å²) in [5.41, 5.74) is 1.21. The number of amides is 1. The normalized spacial score (nSPS) is 27.0. The van der Waals surface area contributed by atoms with Crippen LogP contribution in [0.25, 0.3) is 0 Å². The molecule has 0 saturated carbocycles. The zero-order valence-electron chi connectivity index (χ0n) is 15.2. The topological polar surface area (TPSA) is 77.0 Å². The van der Waals surface area contributed by atoms with Crippen molar-refractivity contribution in [1.82, 2.24) is 5.32 Å². The van der Waals surface area contributed by atoms with Crippen molar-refractivity contribution in [2.75, 3.05) is 13.7 Å². The number of ether oxygens (including phenoxy) is 3. The molecule has 2 saturated heterocycles. The highest BCUT2D eigenvalue weighted by molar-refractivity contribution is 5.80. The minimum Gasteiger partial charge on any atom is -0.400 e. The van der Waals surface area contributed by atoms with Gasteiger partial charge in [-0.1, -0.05) is 30.3 Å². The molecule has 2 bridgehead atoms. The number of aliphatic hydroxyl groups excluding tert-OH is 1. The Bertz CT molecular complexity index is 512. The second-order valence-corrected chi connectivity index (χ2v) is 6.49. The summed E-state index contributed by atoms with van der Waals surface area (Å²) in [5, 5.41) is 10.0. The molecule has 1 aromatic carbocycles. The van der Waals surface area contributed by atoms with Gasteiger partial charge in [0.2, 0.25) is 5.91 Å². The molecule has 0 aliphatic carbocycles. The third-order valence-electron chi connectivity index (χ3n) is 4.33. The number of fused-ring (bicyclic) bond motifs is 2. The molecule has 2 N–H and O–H groups in total. The van der Waals surface area contributed by atoms with E-state index in [2.05, 4.69) is 17.4 Å². The van der Waals surface area contributed by atoms with E-state index in [0.717, 1.165) is 20.0 Å². The van der Waals surface area contributed by atoms with Crippen molar-refractivity contribution in [1.29, 1.82) is 0 Å². The van der Waals surface area contributed by atoms with Gasteiger partial charge in [-0.25, -0.2) is 0 Å². The molecule has 5 atom stereocenters. The number of hydrogen-bond donors (Lipinski definition) is 2. The van der Waals surface area contributed by atoms with Gasteiger partial charge in [0.15, 0.2) is 6.29 Å². The SMILES string of the molecule is CC(Cc1ccccc1)NC(=O)C(C)OC1CC2COC(C1)O2.CO. The van der Waals surface area contributed by atoms with Crippen molar-refractivity contribution in [3.63, 3.8) is 0 Å². The van der Waals surface area contributed by atoms with Crippen molar-refractivity contribution < 1.29 is 24.1 Å². The monoisotopic (exact) mass is 351 g/mol. The van der Waals surface area contributed by atoms with E-state index in [1.54, 1.807) is 0 Å². The highest BCUT2D eigenvalue weighted by Gasteiger charge is 2.37. The number of hydrogen-bond acceptors (Lipinski definition) is 5. The summed E-state index contributed by atoms with van der Waals surface area (Å²) in [7, 11) is 1.00. The van der Waals surface area contributed by atoms with Crippen LogP contribution in [0.4, 0.5) is 0 Å². The molecule has 140 valence electrons. The molecule has 3 rings (SSSR count). The third kappa shape index (κ3) is 6.08. The molecule has 6 heteroatoms. The zero-order chi connectivity index (χ0) is 18.2. The number of aliphatic hydroxyl groups is 1. The van der Waals surface area contributed by atoms with E-state index in [4.69, 9.17) is 19.3 Å². The highest BCUT2D eigenvalue weighted by Crippen LogP contribution is 2.29. The van der Waals surface area contributed by atoms with Crippen LogP contribution in [0.5, 0.6) is 0 Å². The van der Waals surface area contributed by atoms with E-state index in [0.29, 0.717) is 13.0 Å². The van der Waals surface area contributed by atoms with Crippen LogP contribution in [0.1, 0.15) is 32.3 Å². The fraction of sp³-hybridized carbons (Fsp3) is 0.632. The fourth-order valence-electron chi connectivity index (χ4n) is 3.20. The van der Waals surface area contributed by atoms with Gasteiger partial charge in [-0.2, -0.15) is 0 Å². The lowest BCUT2D eigenvalue weighted by Crippen LogP contribution is -2.43. The van der Waals surface area contributed by atoms with Crippen molar-refractivity contribution in [3.05, 3.63) is 35.9 Å². The summed E-state index contributed by atoms with van der Waals surface area (Å²) in [6, 6.07) is 10.2. The smallest absolute Gasteiger partial charge is 0.249 e. The lowest BCUT2D eigenvalue weighted by Gasteiger charge is -2.29. The van der Waals surface area contributed by atoms with Gasteiger partial charge in [0.1, 0.15) is 6.10 Å². The standard InChI is InChI=1S/C18H25NO4.CH4O/c1-12(8-14-6-4-3-5-7-14)19-18(20)13(2)22-15-9-16-11-21-17(10-15)23-16;1-2/h3-7,12-13,15-17H,8-11H2,1-2H3,(H,19,20);2H,1H3. The van der Waals surface area contributed by atoms with Crippen molar-refractivity contribution in [2.24, 2.45) is 0 Å². The summed E-state index contributed by atoms with van der Waals surface area (Å²) >= 11 is 0. The first-order chi connectivity index (χ1) is 12.1. The first kappa shape index (κ1) is 19.8. The molecule has 2 aliphatic heterocycles. The van der Waals surface area contributed by atoms with Crippen LogP contribution in [0.2, 0.25) is 0 Å². The van der Waals surface area contributed by atoms with Crippen LogP contribution in [0.3, 0.4) is 0 Å². The minimum absolute atomic E-state index is 0.0337. The Balaban J connectivity index is 0.00000109. The fourth-order valence-corrected chi connectivity index (χ4v) is 3.20. The van der Waals surface area contributed by atoms with Crippen LogP contribution in [0, 0.1) is 0 Å². The van der Waals surface area contributed by atoms with Gasteiger partial charge in [0, 0.05) is 26.0 Å². The maximum Gasteiger partial charge on any atom is 0.249 e. The second-order valence-electron chi connectivity index (χ2n) is 6.49. The van der Waals surface area contributed by atoms with Crippen LogP contribution >= 0.6 is 0 Å². The zero-order valence-corrected chi connectivity index (χ0v) is 15.2. The second kappa shape index (κ2) is 9.87. The molecule has 6 nitrogen and oxygen atoms in total. The first-order valence-electron chi connectivity index (χ1n) is 8.81. The van der Waals surface area contributed by atoms with Crippen molar-refractivity contribution >= 4 is 5.91 Å². The number of carbonyl (C=O) groups is 1. The third-order valence-corrected chi connectivity index (χ3v) is 4.33. The highest BCUT2D eigenvalue weighted by atomic mass is 16.7. The molecule has 2 fully saturated rings. The van der Waals surface area contributed by atoms with E-state index in [9.17, 15) is 4.79 Å². The molecular weight excluding hydrogens is 322 g/mol. The maximum absolute atomic E-state index is 12.3. The van der Waals surface area contributed by atoms with Crippen LogP contribution < -0.4 is 5.32 Å². The molecule has 0 spiro atoms. The van der Waals surface area contributed by atoms with Gasteiger partial charge < -0.3 is 24.6 Å². The quantitative estimate of drug-likeness (QED) is 0.815.